The summed E-state index contributed by atoms with van der Waals surface area (Å²) in [7, 11) is 0. The van der Waals surface area contributed by atoms with E-state index in [-0.39, 0.29) is 24.5 Å². The van der Waals surface area contributed by atoms with E-state index in [1.165, 1.54) is 0 Å². The van der Waals surface area contributed by atoms with Crippen LogP contribution in [-0.4, -0.2) is 36.5 Å². The molecule has 0 saturated carbocycles. The quantitative estimate of drug-likeness (QED) is 0.781. The minimum absolute atomic E-state index is 0.0504. The summed E-state index contributed by atoms with van der Waals surface area (Å²) in [6.07, 6.45) is 1.11. The van der Waals surface area contributed by atoms with Crippen LogP contribution in [-0.2, 0) is 4.74 Å². The Morgan fingerprint density at radius 3 is 2.50 bits per heavy atom. The van der Waals surface area contributed by atoms with Crippen molar-refractivity contribution in [3.8, 4) is 0 Å². The van der Waals surface area contributed by atoms with Crippen LogP contribution in [0.2, 0.25) is 0 Å². The standard InChI is InChI=1S/C17H26N2O3/c1-13(2)15(14-6-4-3-5-7-14)19-16(20)18-12-17(21)8-10-22-11-9-17/h3-7,13,15,21H,8-12H2,1-2H3,(H2,18,19,20). The molecule has 122 valence electrons. The first-order valence-corrected chi connectivity index (χ1v) is 7.90. The molecule has 1 heterocycles. The second-order valence-electron chi connectivity index (χ2n) is 6.30. The van der Waals surface area contributed by atoms with Gasteiger partial charge in [-0.3, -0.25) is 0 Å². The van der Waals surface area contributed by atoms with Gasteiger partial charge in [0.05, 0.1) is 11.6 Å². The molecule has 1 saturated heterocycles. The third-order valence-corrected chi connectivity index (χ3v) is 4.11. The lowest BCUT2D eigenvalue weighted by atomic mass is 9.94. The zero-order valence-corrected chi connectivity index (χ0v) is 13.3. The van der Waals surface area contributed by atoms with E-state index in [0.29, 0.717) is 26.1 Å². The molecular formula is C17H26N2O3. The zero-order chi connectivity index (χ0) is 16.0. The van der Waals surface area contributed by atoms with E-state index in [1.54, 1.807) is 0 Å². The van der Waals surface area contributed by atoms with Gasteiger partial charge in [0, 0.05) is 32.6 Å². The molecule has 1 fully saturated rings. The number of nitrogens with one attached hydrogen (secondary N) is 2. The normalized spacial score (nSPS) is 18.7. The largest absolute Gasteiger partial charge is 0.388 e. The molecule has 2 rings (SSSR count). The highest BCUT2D eigenvalue weighted by molar-refractivity contribution is 5.74. The van der Waals surface area contributed by atoms with Gasteiger partial charge in [-0.1, -0.05) is 44.2 Å². The molecule has 0 spiro atoms. The molecule has 1 aromatic carbocycles. The number of amides is 2. The Hall–Kier alpha value is -1.59. The lowest BCUT2D eigenvalue weighted by molar-refractivity contribution is -0.0600. The Balaban J connectivity index is 1.89. The van der Waals surface area contributed by atoms with Crippen LogP contribution in [0.3, 0.4) is 0 Å². The van der Waals surface area contributed by atoms with Gasteiger partial charge in [-0.25, -0.2) is 4.79 Å². The fourth-order valence-corrected chi connectivity index (χ4v) is 2.66. The van der Waals surface area contributed by atoms with Gasteiger partial charge >= 0.3 is 6.03 Å². The summed E-state index contributed by atoms with van der Waals surface area (Å²) in [6, 6.07) is 9.62. The van der Waals surface area contributed by atoms with E-state index in [9.17, 15) is 9.90 Å². The number of urea groups is 1. The Kier molecular flexibility index (Phi) is 5.80. The molecule has 5 nitrogen and oxygen atoms in total. The summed E-state index contributed by atoms with van der Waals surface area (Å²) in [5.74, 6) is 0.277. The molecule has 2 amide bonds. The SMILES string of the molecule is CC(C)C(NC(=O)NCC1(O)CCOCC1)c1ccccc1. The van der Waals surface area contributed by atoms with Gasteiger partial charge < -0.3 is 20.5 Å². The lowest BCUT2D eigenvalue weighted by Crippen LogP contribution is -2.49. The third kappa shape index (κ3) is 4.71. The molecule has 3 N–H and O–H groups in total. The second-order valence-corrected chi connectivity index (χ2v) is 6.30. The number of ether oxygens (including phenoxy) is 1. The summed E-state index contributed by atoms with van der Waals surface area (Å²) in [6.45, 7) is 5.48. The Morgan fingerprint density at radius 2 is 1.91 bits per heavy atom. The maximum atomic E-state index is 12.2. The summed E-state index contributed by atoms with van der Waals surface area (Å²) in [5, 5.41) is 16.1. The molecule has 0 radical (unpaired) electrons. The molecule has 1 aliphatic rings. The summed E-state index contributed by atoms with van der Waals surface area (Å²) >= 11 is 0. The summed E-state index contributed by atoms with van der Waals surface area (Å²) in [4.78, 5) is 12.2. The van der Waals surface area contributed by atoms with Crippen molar-refractivity contribution in [2.45, 2.75) is 38.3 Å². The average molecular weight is 306 g/mol. The molecule has 0 aromatic heterocycles. The zero-order valence-electron chi connectivity index (χ0n) is 13.3. The van der Waals surface area contributed by atoms with Gasteiger partial charge in [-0.15, -0.1) is 0 Å². The third-order valence-electron chi connectivity index (χ3n) is 4.11. The maximum absolute atomic E-state index is 12.2. The van der Waals surface area contributed by atoms with Gasteiger partial charge in [-0.2, -0.15) is 0 Å². The molecule has 22 heavy (non-hydrogen) atoms. The number of benzene rings is 1. The molecule has 0 aliphatic carbocycles. The van der Waals surface area contributed by atoms with Crippen molar-refractivity contribution in [3.63, 3.8) is 0 Å². The first kappa shape index (κ1) is 16.8. The Bertz CT molecular complexity index is 470. The van der Waals surface area contributed by atoms with Crippen LogP contribution in [0, 0.1) is 5.92 Å². The number of aliphatic hydroxyl groups is 1. The molecule has 1 unspecified atom stereocenters. The van der Waals surface area contributed by atoms with Crippen molar-refractivity contribution >= 4 is 6.03 Å². The van der Waals surface area contributed by atoms with E-state index in [1.807, 2.05) is 30.3 Å². The Labute approximate surface area is 132 Å². The number of hydrogen-bond acceptors (Lipinski definition) is 3. The molecule has 1 atom stereocenters. The minimum atomic E-state index is -0.852. The van der Waals surface area contributed by atoms with Crippen LogP contribution < -0.4 is 10.6 Å². The van der Waals surface area contributed by atoms with Crippen LogP contribution in [0.15, 0.2) is 30.3 Å². The van der Waals surface area contributed by atoms with Gasteiger partial charge in [0.15, 0.2) is 0 Å². The van der Waals surface area contributed by atoms with E-state index < -0.39 is 5.60 Å². The monoisotopic (exact) mass is 306 g/mol. The van der Waals surface area contributed by atoms with Crippen molar-refractivity contribution < 1.29 is 14.6 Å². The number of carbonyl (C=O) groups excluding carboxylic acids is 1. The van der Waals surface area contributed by atoms with Crippen molar-refractivity contribution in [2.75, 3.05) is 19.8 Å². The fourth-order valence-electron chi connectivity index (χ4n) is 2.66. The van der Waals surface area contributed by atoms with Gasteiger partial charge in [0.25, 0.3) is 0 Å². The lowest BCUT2D eigenvalue weighted by Gasteiger charge is -2.32. The number of hydrogen-bond donors (Lipinski definition) is 3. The van der Waals surface area contributed by atoms with Crippen LogP contribution >= 0.6 is 0 Å². The molecule has 1 aromatic rings. The van der Waals surface area contributed by atoms with Gasteiger partial charge in [0.1, 0.15) is 0 Å². The van der Waals surface area contributed by atoms with Gasteiger partial charge in [-0.05, 0) is 11.5 Å². The smallest absolute Gasteiger partial charge is 0.315 e. The van der Waals surface area contributed by atoms with E-state index in [4.69, 9.17) is 4.74 Å². The fraction of sp³-hybridized carbons (Fsp3) is 0.588. The van der Waals surface area contributed by atoms with Crippen LogP contribution in [0.1, 0.15) is 38.3 Å². The number of carbonyl (C=O) groups is 1. The predicted octanol–water partition coefficient (Wildman–Crippen LogP) is 2.22. The molecule has 5 heteroatoms. The molecule has 0 bridgehead atoms. The van der Waals surface area contributed by atoms with Crippen molar-refractivity contribution in [1.29, 1.82) is 0 Å². The van der Waals surface area contributed by atoms with Crippen molar-refractivity contribution in [1.82, 2.24) is 10.6 Å². The van der Waals surface area contributed by atoms with E-state index >= 15 is 0 Å². The molecular weight excluding hydrogens is 280 g/mol. The topological polar surface area (TPSA) is 70.6 Å². The highest BCUT2D eigenvalue weighted by atomic mass is 16.5. The molecule has 1 aliphatic heterocycles. The number of rotatable bonds is 5. The predicted molar refractivity (Wildman–Crippen MR) is 85.6 cm³/mol. The minimum Gasteiger partial charge on any atom is -0.388 e. The highest BCUT2D eigenvalue weighted by Crippen LogP contribution is 2.22. The van der Waals surface area contributed by atoms with Crippen LogP contribution in [0.4, 0.5) is 4.79 Å². The first-order valence-electron chi connectivity index (χ1n) is 7.90. The van der Waals surface area contributed by atoms with Crippen LogP contribution in [0.5, 0.6) is 0 Å². The maximum Gasteiger partial charge on any atom is 0.315 e. The second kappa shape index (κ2) is 7.61. The summed E-state index contributed by atoms with van der Waals surface area (Å²) < 4.78 is 5.24. The van der Waals surface area contributed by atoms with Crippen LogP contribution in [0.25, 0.3) is 0 Å². The highest BCUT2D eigenvalue weighted by Gasteiger charge is 2.30. The first-order chi connectivity index (χ1) is 10.5. The van der Waals surface area contributed by atoms with Crippen molar-refractivity contribution in [2.24, 2.45) is 5.92 Å². The Morgan fingerprint density at radius 1 is 1.27 bits per heavy atom. The van der Waals surface area contributed by atoms with Gasteiger partial charge in [0.2, 0.25) is 0 Å². The summed E-state index contributed by atoms with van der Waals surface area (Å²) in [5.41, 5.74) is 0.229. The van der Waals surface area contributed by atoms with E-state index in [2.05, 4.69) is 24.5 Å². The van der Waals surface area contributed by atoms with Crippen molar-refractivity contribution in [3.05, 3.63) is 35.9 Å². The average Bonchev–Trinajstić information content (AvgIpc) is 2.52. The van der Waals surface area contributed by atoms with E-state index in [0.717, 1.165) is 5.56 Å².